The molecule has 0 saturated carbocycles. The fourth-order valence-electron chi connectivity index (χ4n) is 1.63. The number of fused-ring (bicyclic) bond motifs is 1. The number of ether oxygens (including phenoxy) is 2. The summed E-state index contributed by atoms with van der Waals surface area (Å²) in [4.78, 5) is 10.4. The number of nitrogens with zero attached hydrogens (tertiary/aromatic N) is 3. The summed E-state index contributed by atoms with van der Waals surface area (Å²) < 4.78 is 10.5. The van der Waals surface area contributed by atoms with Gasteiger partial charge < -0.3 is 9.47 Å². The third-order valence-corrected chi connectivity index (χ3v) is 2.39. The molecule has 0 unspecified atom stereocenters. The topological polar surface area (TPSA) is 109 Å². The molecule has 0 bridgehead atoms. The van der Waals surface area contributed by atoms with Crippen LogP contribution in [0.2, 0.25) is 0 Å². The highest BCUT2D eigenvalue weighted by molar-refractivity contribution is 5.69. The Hall–Kier alpha value is -3.06. The minimum Gasteiger partial charge on any atom is -0.486 e. The molecule has 0 fully saturated rings. The van der Waals surface area contributed by atoms with Crippen LogP contribution in [0.1, 0.15) is 5.56 Å². The van der Waals surface area contributed by atoms with Crippen molar-refractivity contribution < 1.29 is 14.4 Å². The molecule has 19 heavy (non-hydrogen) atoms. The van der Waals surface area contributed by atoms with Gasteiger partial charge >= 0.3 is 5.69 Å². The Morgan fingerprint density at radius 2 is 2.00 bits per heavy atom. The zero-order valence-electron chi connectivity index (χ0n) is 9.62. The predicted octanol–water partition coefficient (Wildman–Crippen LogP) is 1.80. The fourth-order valence-corrected chi connectivity index (χ4v) is 1.63. The van der Waals surface area contributed by atoms with Gasteiger partial charge in [-0.25, -0.2) is 0 Å². The van der Waals surface area contributed by atoms with Crippen LogP contribution in [-0.2, 0) is 0 Å². The van der Waals surface area contributed by atoms with Gasteiger partial charge in [-0.05, 0) is 17.7 Å². The van der Waals surface area contributed by atoms with Crippen LogP contribution in [0.15, 0.2) is 17.7 Å². The Balaban J connectivity index is 2.57. The van der Waals surface area contributed by atoms with E-state index in [1.807, 2.05) is 0 Å². The van der Waals surface area contributed by atoms with E-state index in [0.717, 1.165) is 0 Å². The minimum absolute atomic E-state index is 0.0730. The molecule has 1 aliphatic heterocycles. The molecular formula is C12H7N3O4. The molecular weight excluding hydrogens is 250 g/mol. The summed E-state index contributed by atoms with van der Waals surface area (Å²) in [5, 5.41) is 28.3. The van der Waals surface area contributed by atoms with Crippen molar-refractivity contribution in [2.45, 2.75) is 0 Å². The van der Waals surface area contributed by atoms with E-state index in [0.29, 0.717) is 12.2 Å². The standard InChI is InChI=1S/C12H7N3O4/c13-6-9(7-14)3-8-4-10(15(16)17)12-11(5-8)18-1-2-19-12/h3-5H,1-2H2. The highest BCUT2D eigenvalue weighted by Crippen LogP contribution is 2.40. The average molecular weight is 257 g/mol. The summed E-state index contributed by atoms with van der Waals surface area (Å²) in [6, 6.07) is 6.11. The Kier molecular flexibility index (Phi) is 3.31. The molecule has 1 aromatic carbocycles. The van der Waals surface area contributed by atoms with E-state index in [2.05, 4.69) is 0 Å². The first-order chi connectivity index (χ1) is 9.15. The monoisotopic (exact) mass is 257 g/mol. The van der Waals surface area contributed by atoms with Crippen LogP contribution in [0.5, 0.6) is 11.5 Å². The molecule has 0 atom stereocenters. The van der Waals surface area contributed by atoms with Gasteiger partial charge in [-0.2, -0.15) is 10.5 Å². The highest BCUT2D eigenvalue weighted by Gasteiger charge is 2.24. The number of allylic oxidation sites excluding steroid dienone is 1. The molecule has 0 amide bonds. The number of nitro groups is 1. The first-order valence-electron chi connectivity index (χ1n) is 5.25. The van der Waals surface area contributed by atoms with E-state index in [4.69, 9.17) is 20.0 Å². The Bertz CT molecular complexity index is 636. The van der Waals surface area contributed by atoms with Gasteiger partial charge in [0.25, 0.3) is 0 Å². The third kappa shape index (κ3) is 2.45. The first-order valence-corrected chi connectivity index (χ1v) is 5.25. The van der Waals surface area contributed by atoms with Gasteiger partial charge in [-0.15, -0.1) is 0 Å². The lowest BCUT2D eigenvalue weighted by atomic mass is 10.1. The van der Waals surface area contributed by atoms with Gasteiger partial charge in [0.2, 0.25) is 5.75 Å². The van der Waals surface area contributed by atoms with Gasteiger partial charge in [-0.1, -0.05) is 0 Å². The van der Waals surface area contributed by atoms with Crippen LogP contribution < -0.4 is 9.47 Å². The van der Waals surface area contributed by atoms with Crippen molar-refractivity contribution in [1.29, 1.82) is 10.5 Å². The lowest BCUT2D eigenvalue weighted by Crippen LogP contribution is -2.16. The number of benzene rings is 1. The largest absolute Gasteiger partial charge is 0.486 e. The summed E-state index contributed by atoms with van der Waals surface area (Å²) in [7, 11) is 0. The van der Waals surface area contributed by atoms with Gasteiger partial charge in [0.05, 0.1) is 4.92 Å². The smallest absolute Gasteiger partial charge is 0.315 e. The van der Waals surface area contributed by atoms with Crippen molar-refractivity contribution in [1.82, 2.24) is 0 Å². The molecule has 0 radical (unpaired) electrons. The molecule has 2 rings (SSSR count). The molecule has 7 nitrogen and oxygen atoms in total. The van der Waals surface area contributed by atoms with Crippen molar-refractivity contribution in [3.63, 3.8) is 0 Å². The summed E-state index contributed by atoms with van der Waals surface area (Å²) in [6.07, 6.45) is 1.26. The van der Waals surface area contributed by atoms with Crippen LogP contribution in [0.3, 0.4) is 0 Å². The van der Waals surface area contributed by atoms with Crippen LogP contribution in [0.4, 0.5) is 5.69 Å². The summed E-state index contributed by atoms with van der Waals surface area (Å²) >= 11 is 0. The second-order valence-corrected chi connectivity index (χ2v) is 3.60. The van der Waals surface area contributed by atoms with Crippen LogP contribution in [-0.4, -0.2) is 18.1 Å². The Morgan fingerprint density at radius 1 is 1.32 bits per heavy atom. The Morgan fingerprint density at radius 3 is 2.63 bits per heavy atom. The van der Waals surface area contributed by atoms with E-state index < -0.39 is 4.92 Å². The first kappa shape index (κ1) is 12.4. The van der Waals surface area contributed by atoms with Gasteiger partial charge in [0.1, 0.15) is 30.9 Å². The second-order valence-electron chi connectivity index (χ2n) is 3.60. The SMILES string of the molecule is N#CC(C#N)=Cc1cc2c(c([N+](=O)[O-])c1)OCCO2. The maximum absolute atomic E-state index is 11.0. The average Bonchev–Trinajstić information content (AvgIpc) is 2.43. The maximum atomic E-state index is 11.0. The zero-order valence-corrected chi connectivity index (χ0v) is 9.62. The van der Waals surface area contributed by atoms with Crippen molar-refractivity contribution >= 4 is 11.8 Å². The number of rotatable bonds is 2. The molecule has 0 aliphatic carbocycles. The molecule has 1 heterocycles. The maximum Gasteiger partial charge on any atom is 0.315 e. The summed E-state index contributed by atoms with van der Waals surface area (Å²) in [5.74, 6) is 0.311. The Labute approximate surface area is 108 Å². The lowest BCUT2D eigenvalue weighted by molar-refractivity contribution is -0.386. The summed E-state index contributed by atoms with van der Waals surface area (Å²) in [6.45, 7) is 0.533. The molecule has 7 heteroatoms. The number of hydrogen-bond acceptors (Lipinski definition) is 6. The minimum atomic E-state index is -0.594. The predicted molar refractivity (Wildman–Crippen MR) is 63.3 cm³/mol. The molecule has 0 saturated heterocycles. The van der Waals surface area contributed by atoms with Gasteiger partial charge in [0, 0.05) is 6.07 Å². The van der Waals surface area contributed by atoms with Crippen molar-refractivity contribution in [3.05, 3.63) is 33.4 Å². The fraction of sp³-hybridized carbons (Fsp3) is 0.167. The molecule has 0 spiro atoms. The number of hydrogen-bond donors (Lipinski definition) is 0. The quantitative estimate of drug-likeness (QED) is 0.454. The van der Waals surface area contributed by atoms with Gasteiger partial charge in [-0.3, -0.25) is 10.1 Å². The van der Waals surface area contributed by atoms with E-state index in [1.54, 1.807) is 12.1 Å². The molecule has 0 N–H and O–H groups in total. The summed E-state index contributed by atoms with van der Waals surface area (Å²) in [5.41, 5.74) is -0.0568. The molecule has 94 valence electrons. The lowest BCUT2D eigenvalue weighted by Gasteiger charge is -2.18. The van der Waals surface area contributed by atoms with Crippen molar-refractivity contribution in [3.8, 4) is 23.6 Å². The van der Waals surface area contributed by atoms with Crippen molar-refractivity contribution in [2.75, 3.05) is 13.2 Å². The van der Waals surface area contributed by atoms with E-state index in [1.165, 1.54) is 18.2 Å². The second kappa shape index (κ2) is 5.07. The van der Waals surface area contributed by atoms with E-state index in [9.17, 15) is 10.1 Å². The third-order valence-electron chi connectivity index (χ3n) is 2.39. The van der Waals surface area contributed by atoms with E-state index in [-0.39, 0.29) is 29.4 Å². The molecule has 0 aromatic heterocycles. The van der Waals surface area contributed by atoms with Crippen LogP contribution in [0, 0.1) is 32.8 Å². The zero-order chi connectivity index (χ0) is 13.8. The highest BCUT2D eigenvalue weighted by atomic mass is 16.6. The van der Waals surface area contributed by atoms with Crippen molar-refractivity contribution in [2.24, 2.45) is 0 Å². The number of nitriles is 2. The van der Waals surface area contributed by atoms with Gasteiger partial charge in [0.15, 0.2) is 5.75 Å². The normalized spacial score (nSPS) is 11.9. The molecule has 1 aliphatic rings. The van der Waals surface area contributed by atoms with Crippen LogP contribution >= 0.6 is 0 Å². The number of nitro benzene ring substituents is 1. The molecule has 1 aromatic rings. The van der Waals surface area contributed by atoms with E-state index >= 15 is 0 Å². The van der Waals surface area contributed by atoms with Crippen LogP contribution in [0.25, 0.3) is 6.08 Å².